The first-order chi connectivity index (χ1) is 8.08. The van der Waals surface area contributed by atoms with Crippen LogP contribution in [0, 0.1) is 0 Å². The number of amidine groups is 1. The van der Waals surface area contributed by atoms with Gasteiger partial charge >= 0.3 is 0 Å². The Morgan fingerprint density at radius 3 is 2.76 bits per heavy atom. The normalized spacial score (nSPS) is 21.2. The van der Waals surface area contributed by atoms with Gasteiger partial charge in [0.2, 0.25) is 0 Å². The highest BCUT2D eigenvalue weighted by atomic mass is 79.9. The quantitative estimate of drug-likeness (QED) is 0.912. The van der Waals surface area contributed by atoms with E-state index < -0.39 is 0 Å². The van der Waals surface area contributed by atoms with Crippen molar-refractivity contribution in [3.05, 3.63) is 34.3 Å². The van der Waals surface area contributed by atoms with Crippen molar-refractivity contribution in [3.8, 4) is 0 Å². The minimum atomic E-state index is -0.0658. The second-order valence-electron chi connectivity index (χ2n) is 3.90. The maximum absolute atomic E-state index is 11.3. The Hall–Kier alpha value is -0.810. The van der Waals surface area contributed by atoms with E-state index in [9.17, 15) is 4.79 Å². The van der Waals surface area contributed by atoms with Crippen LogP contribution in [0.15, 0.2) is 33.7 Å². The van der Waals surface area contributed by atoms with Crippen LogP contribution in [0.4, 0.5) is 0 Å². The van der Waals surface area contributed by atoms with Crippen molar-refractivity contribution >= 4 is 38.8 Å². The van der Waals surface area contributed by atoms with Gasteiger partial charge in [-0.25, -0.2) is 0 Å². The number of nitrogens with one attached hydrogen (secondary N) is 1. The molecule has 1 aromatic carbocycles. The van der Waals surface area contributed by atoms with Crippen LogP contribution in [0.2, 0.25) is 0 Å². The molecule has 1 N–H and O–H groups in total. The lowest BCUT2D eigenvalue weighted by atomic mass is 10.1. The van der Waals surface area contributed by atoms with Gasteiger partial charge in [-0.05, 0) is 25.5 Å². The fourth-order valence-electron chi connectivity index (χ4n) is 1.59. The largest absolute Gasteiger partial charge is 0.358 e. The average Bonchev–Trinajstić information content (AvgIpc) is 2.58. The van der Waals surface area contributed by atoms with E-state index in [-0.39, 0.29) is 17.2 Å². The van der Waals surface area contributed by atoms with Gasteiger partial charge in [-0.1, -0.05) is 45.9 Å². The number of halogens is 1. The molecule has 1 heterocycles. The molecule has 2 atom stereocenters. The maximum atomic E-state index is 11.3. The molecular formula is C12H13BrN2OS. The van der Waals surface area contributed by atoms with Crippen LogP contribution < -0.4 is 5.32 Å². The van der Waals surface area contributed by atoms with Gasteiger partial charge in [0, 0.05) is 4.47 Å². The molecule has 1 aliphatic heterocycles. The lowest BCUT2D eigenvalue weighted by Gasteiger charge is -2.16. The molecular weight excluding hydrogens is 300 g/mol. The summed E-state index contributed by atoms with van der Waals surface area (Å²) in [6.45, 7) is 3.92. The second-order valence-corrected chi connectivity index (χ2v) is 6.09. The minimum Gasteiger partial charge on any atom is -0.358 e. The first kappa shape index (κ1) is 12.6. The van der Waals surface area contributed by atoms with E-state index in [2.05, 4.69) is 33.2 Å². The van der Waals surface area contributed by atoms with Crippen molar-refractivity contribution < 1.29 is 4.79 Å². The van der Waals surface area contributed by atoms with Crippen LogP contribution in [-0.4, -0.2) is 16.3 Å². The highest BCUT2D eigenvalue weighted by Crippen LogP contribution is 2.26. The minimum absolute atomic E-state index is 0.0585. The van der Waals surface area contributed by atoms with Crippen LogP contribution in [0.5, 0.6) is 0 Å². The molecule has 0 radical (unpaired) electrons. The molecule has 0 fully saturated rings. The summed E-state index contributed by atoms with van der Waals surface area (Å²) >= 11 is 4.99. The highest BCUT2D eigenvalue weighted by Gasteiger charge is 2.25. The van der Waals surface area contributed by atoms with Crippen molar-refractivity contribution in [2.24, 2.45) is 4.99 Å². The summed E-state index contributed by atoms with van der Waals surface area (Å²) in [6, 6.07) is 8.15. The number of hydrogen-bond donors (Lipinski definition) is 1. The third-order valence-electron chi connectivity index (χ3n) is 2.56. The molecule has 3 nitrogen and oxygen atoms in total. The van der Waals surface area contributed by atoms with Crippen LogP contribution in [0.1, 0.15) is 25.5 Å². The Morgan fingerprint density at radius 1 is 1.47 bits per heavy atom. The number of carbonyl (C=O) groups excluding carboxylic acids is 1. The lowest BCUT2D eigenvalue weighted by Crippen LogP contribution is -2.23. The van der Waals surface area contributed by atoms with Crippen LogP contribution in [0.3, 0.4) is 0 Å². The summed E-state index contributed by atoms with van der Waals surface area (Å²) in [5.41, 5.74) is 1.16. The fourth-order valence-corrected chi connectivity index (χ4v) is 3.09. The molecule has 2 rings (SSSR count). The van der Waals surface area contributed by atoms with Crippen LogP contribution >= 0.6 is 27.7 Å². The molecule has 0 saturated carbocycles. The first-order valence-corrected chi connectivity index (χ1v) is 7.05. The van der Waals surface area contributed by atoms with Crippen LogP contribution in [0.25, 0.3) is 0 Å². The smallest absolute Gasteiger partial charge is 0.261 e. The Kier molecular flexibility index (Phi) is 3.89. The molecule has 0 bridgehead atoms. The Balaban J connectivity index is 2.08. The third kappa shape index (κ3) is 2.90. The molecule has 1 unspecified atom stereocenters. The molecule has 17 heavy (non-hydrogen) atoms. The number of aliphatic imine (C=N–C) groups is 1. The van der Waals surface area contributed by atoms with E-state index in [1.165, 1.54) is 11.8 Å². The van der Waals surface area contributed by atoms with Crippen molar-refractivity contribution in [2.45, 2.75) is 25.1 Å². The standard InChI is InChI=1S/C12H13BrN2OS/c1-7(9-5-3-4-6-10(9)13)14-12-15-11(16)8(2)17-12/h3-8H,1-2H3,(H,14,15,16)/t7-,8?/m0/s1. The summed E-state index contributed by atoms with van der Waals surface area (Å²) in [5, 5.41) is 3.91. The molecule has 1 aromatic rings. The summed E-state index contributed by atoms with van der Waals surface area (Å²) in [7, 11) is 0. The van der Waals surface area contributed by atoms with Gasteiger partial charge < -0.3 is 5.32 Å². The van der Waals surface area contributed by atoms with Crippen LogP contribution in [-0.2, 0) is 4.79 Å². The lowest BCUT2D eigenvalue weighted by molar-refractivity contribution is -0.116. The average molecular weight is 313 g/mol. The summed E-state index contributed by atoms with van der Waals surface area (Å²) in [5.74, 6) is -0.0585. The highest BCUT2D eigenvalue weighted by molar-refractivity contribution is 9.10. The molecule has 0 spiro atoms. The van der Waals surface area contributed by atoms with Crippen molar-refractivity contribution in [1.82, 2.24) is 5.32 Å². The molecule has 0 aromatic heterocycles. The zero-order valence-electron chi connectivity index (χ0n) is 9.61. The summed E-state index contributed by atoms with van der Waals surface area (Å²) in [6.07, 6.45) is 0. The molecule has 0 saturated heterocycles. The van der Waals surface area contributed by atoms with E-state index in [1.807, 2.05) is 31.2 Å². The second kappa shape index (κ2) is 5.23. The van der Waals surface area contributed by atoms with Gasteiger partial charge in [-0.2, -0.15) is 4.99 Å². The summed E-state index contributed by atoms with van der Waals surface area (Å²) in [4.78, 5) is 15.3. The van der Waals surface area contributed by atoms with E-state index >= 15 is 0 Å². The van der Waals surface area contributed by atoms with Gasteiger partial charge in [0.1, 0.15) is 0 Å². The summed E-state index contributed by atoms with van der Waals surface area (Å²) < 4.78 is 1.06. The monoisotopic (exact) mass is 312 g/mol. The Bertz CT molecular complexity index is 475. The molecule has 1 amide bonds. The third-order valence-corrected chi connectivity index (χ3v) is 4.27. The van der Waals surface area contributed by atoms with E-state index in [0.29, 0.717) is 5.17 Å². The van der Waals surface area contributed by atoms with Gasteiger partial charge in [0.15, 0.2) is 5.17 Å². The van der Waals surface area contributed by atoms with Crippen molar-refractivity contribution in [3.63, 3.8) is 0 Å². The number of carbonyl (C=O) groups is 1. The SMILES string of the molecule is CC1SC(N[C@@H](C)c2ccccc2Br)=NC1=O. The Labute approximate surface area is 113 Å². The first-order valence-electron chi connectivity index (χ1n) is 5.38. The van der Waals surface area contributed by atoms with E-state index in [1.54, 1.807) is 0 Å². The van der Waals surface area contributed by atoms with Gasteiger partial charge in [0.25, 0.3) is 5.91 Å². The van der Waals surface area contributed by atoms with Gasteiger partial charge in [-0.3, -0.25) is 4.79 Å². The number of hydrogen-bond acceptors (Lipinski definition) is 3. The van der Waals surface area contributed by atoms with Crippen molar-refractivity contribution in [2.75, 3.05) is 0 Å². The van der Waals surface area contributed by atoms with E-state index in [4.69, 9.17) is 0 Å². The van der Waals surface area contributed by atoms with E-state index in [0.717, 1.165) is 10.0 Å². The molecule has 0 aliphatic carbocycles. The number of rotatable bonds is 2. The predicted octanol–water partition coefficient (Wildman–Crippen LogP) is 3.12. The number of amides is 1. The van der Waals surface area contributed by atoms with Gasteiger partial charge in [0.05, 0.1) is 11.3 Å². The zero-order valence-corrected chi connectivity index (χ0v) is 12.0. The molecule has 5 heteroatoms. The zero-order chi connectivity index (χ0) is 12.4. The fraction of sp³-hybridized carbons (Fsp3) is 0.333. The molecule has 90 valence electrons. The van der Waals surface area contributed by atoms with Crippen molar-refractivity contribution in [1.29, 1.82) is 0 Å². The maximum Gasteiger partial charge on any atom is 0.261 e. The Morgan fingerprint density at radius 2 is 2.18 bits per heavy atom. The number of thioether (sulfide) groups is 1. The molecule has 1 aliphatic rings. The number of benzene rings is 1. The topological polar surface area (TPSA) is 41.5 Å². The number of nitrogens with zero attached hydrogens (tertiary/aromatic N) is 1. The van der Waals surface area contributed by atoms with Gasteiger partial charge in [-0.15, -0.1) is 0 Å². The predicted molar refractivity (Wildman–Crippen MR) is 75.2 cm³/mol.